The molecule has 2 N–H and O–H groups in total. The molecule has 0 saturated carbocycles. The molecule has 0 aliphatic carbocycles. The standard InChI is InChI=1S/C15H12F3N3O5/c16-15(17,18)26-9-3-1-8(2-4-9)21-11-5-6-20(14(24)25)7-10(11)12(19-21)13(22)23/h1-4H,5-7H2,(H,22,23)(H,24,25). The van der Waals surface area contributed by atoms with Gasteiger partial charge in [0, 0.05) is 18.5 Å². The molecule has 0 saturated heterocycles. The first kappa shape index (κ1) is 17.6. The van der Waals surface area contributed by atoms with E-state index in [0.717, 1.165) is 17.0 Å². The maximum Gasteiger partial charge on any atom is 0.573 e. The zero-order chi connectivity index (χ0) is 19.1. The number of carboxylic acid groups (broad SMARTS) is 2. The second kappa shape index (κ2) is 6.24. The van der Waals surface area contributed by atoms with Crippen molar-refractivity contribution in [3.8, 4) is 11.4 Å². The van der Waals surface area contributed by atoms with Gasteiger partial charge in [-0.3, -0.25) is 0 Å². The van der Waals surface area contributed by atoms with E-state index >= 15 is 0 Å². The van der Waals surface area contributed by atoms with Crippen LogP contribution in [-0.4, -0.2) is 49.9 Å². The molecule has 1 aromatic heterocycles. The normalized spacial score (nSPS) is 14.0. The smallest absolute Gasteiger partial charge is 0.476 e. The van der Waals surface area contributed by atoms with E-state index in [1.54, 1.807) is 0 Å². The summed E-state index contributed by atoms with van der Waals surface area (Å²) in [7, 11) is 0. The average Bonchev–Trinajstić information content (AvgIpc) is 2.93. The molecule has 0 unspecified atom stereocenters. The molecule has 0 fully saturated rings. The first-order valence-electron chi connectivity index (χ1n) is 7.34. The highest BCUT2D eigenvalue weighted by molar-refractivity contribution is 5.88. The Kier molecular flexibility index (Phi) is 4.22. The molecule has 26 heavy (non-hydrogen) atoms. The lowest BCUT2D eigenvalue weighted by Gasteiger charge is -2.25. The van der Waals surface area contributed by atoms with Crippen LogP contribution >= 0.6 is 0 Å². The van der Waals surface area contributed by atoms with E-state index in [4.69, 9.17) is 5.11 Å². The average molecular weight is 371 g/mol. The summed E-state index contributed by atoms with van der Waals surface area (Å²) in [6.45, 7) is 0.0317. The monoisotopic (exact) mass is 371 g/mol. The first-order valence-corrected chi connectivity index (χ1v) is 7.34. The Morgan fingerprint density at radius 3 is 2.35 bits per heavy atom. The largest absolute Gasteiger partial charge is 0.573 e. The molecule has 8 nitrogen and oxygen atoms in total. The van der Waals surface area contributed by atoms with Crippen LogP contribution in [0, 0.1) is 0 Å². The van der Waals surface area contributed by atoms with Crippen LogP contribution < -0.4 is 4.74 Å². The van der Waals surface area contributed by atoms with Crippen LogP contribution in [0.4, 0.5) is 18.0 Å². The predicted octanol–water partition coefficient (Wildman–Crippen LogP) is 2.51. The molecule has 0 bridgehead atoms. The number of carboxylic acids is 1. The van der Waals surface area contributed by atoms with Crippen molar-refractivity contribution >= 4 is 12.1 Å². The Hall–Kier alpha value is -3.24. The lowest BCUT2D eigenvalue weighted by molar-refractivity contribution is -0.274. The zero-order valence-electron chi connectivity index (χ0n) is 13.0. The van der Waals surface area contributed by atoms with Crippen LogP contribution in [0.1, 0.15) is 21.7 Å². The predicted molar refractivity (Wildman–Crippen MR) is 79.3 cm³/mol. The van der Waals surface area contributed by atoms with Crippen LogP contribution in [0.25, 0.3) is 5.69 Å². The molecule has 1 aromatic carbocycles. The van der Waals surface area contributed by atoms with Crippen molar-refractivity contribution in [2.75, 3.05) is 6.54 Å². The second-order valence-corrected chi connectivity index (χ2v) is 5.49. The summed E-state index contributed by atoms with van der Waals surface area (Å²) in [6, 6.07) is 4.79. The molecule has 11 heteroatoms. The molecular formula is C15H12F3N3O5. The summed E-state index contributed by atoms with van der Waals surface area (Å²) in [6.07, 6.45) is -5.76. The number of hydrogen-bond donors (Lipinski definition) is 2. The van der Waals surface area contributed by atoms with Crippen LogP contribution in [0.2, 0.25) is 0 Å². The lowest BCUT2D eigenvalue weighted by Crippen LogP contribution is -2.35. The van der Waals surface area contributed by atoms with E-state index in [1.807, 2.05) is 0 Å². The van der Waals surface area contributed by atoms with Gasteiger partial charge in [-0.1, -0.05) is 0 Å². The lowest BCUT2D eigenvalue weighted by atomic mass is 10.1. The van der Waals surface area contributed by atoms with Crippen LogP contribution in [0.15, 0.2) is 24.3 Å². The molecule has 1 aliphatic rings. The fourth-order valence-electron chi connectivity index (χ4n) is 2.76. The van der Waals surface area contributed by atoms with E-state index < -0.39 is 24.2 Å². The van der Waals surface area contributed by atoms with Gasteiger partial charge in [-0.2, -0.15) is 5.10 Å². The van der Waals surface area contributed by atoms with E-state index in [-0.39, 0.29) is 30.8 Å². The number of halogens is 3. The van der Waals surface area contributed by atoms with Gasteiger partial charge in [-0.15, -0.1) is 13.2 Å². The number of aromatic carboxylic acids is 1. The van der Waals surface area contributed by atoms with Crippen molar-refractivity contribution in [2.24, 2.45) is 0 Å². The Bertz CT molecular complexity index is 861. The summed E-state index contributed by atoms with van der Waals surface area (Å²) < 4.78 is 41.8. The minimum Gasteiger partial charge on any atom is -0.476 e. The number of aromatic nitrogens is 2. The van der Waals surface area contributed by atoms with Crippen molar-refractivity contribution in [3.05, 3.63) is 41.2 Å². The number of alkyl halides is 3. The minimum absolute atomic E-state index is 0.123. The van der Waals surface area contributed by atoms with Crippen LogP contribution in [-0.2, 0) is 13.0 Å². The fourth-order valence-corrected chi connectivity index (χ4v) is 2.76. The van der Waals surface area contributed by atoms with E-state index in [0.29, 0.717) is 11.4 Å². The maximum absolute atomic E-state index is 12.2. The van der Waals surface area contributed by atoms with Gasteiger partial charge >= 0.3 is 18.4 Å². The Morgan fingerprint density at radius 2 is 1.81 bits per heavy atom. The Labute approximate surface area is 144 Å². The molecule has 2 aromatic rings. The van der Waals surface area contributed by atoms with Crippen LogP contribution in [0.3, 0.4) is 0 Å². The van der Waals surface area contributed by atoms with Crippen molar-refractivity contribution in [2.45, 2.75) is 19.3 Å². The third-order valence-electron chi connectivity index (χ3n) is 3.85. The molecule has 138 valence electrons. The highest BCUT2D eigenvalue weighted by Crippen LogP contribution is 2.28. The molecule has 0 radical (unpaired) electrons. The molecule has 3 rings (SSSR count). The summed E-state index contributed by atoms with van der Waals surface area (Å²) in [5.41, 5.74) is 0.819. The van der Waals surface area contributed by atoms with Gasteiger partial charge in [-0.05, 0) is 24.3 Å². The second-order valence-electron chi connectivity index (χ2n) is 5.49. The summed E-state index contributed by atoms with van der Waals surface area (Å²) in [5.74, 6) is -1.73. The van der Waals surface area contributed by atoms with Crippen molar-refractivity contribution < 1.29 is 37.7 Å². The van der Waals surface area contributed by atoms with Crippen molar-refractivity contribution in [1.29, 1.82) is 0 Å². The summed E-state index contributed by atoms with van der Waals surface area (Å²) in [4.78, 5) is 23.6. The highest BCUT2D eigenvalue weighted by atomic mass is 19.4. The summed E-state index contributed by atoms with van der Waals surface area (Å²) >= 11 is 0. The van der Waals surface area contributed by atoms with Crippen LogP contribution in [0.5, 0.6) is 5.75 Å². The number of ether oxygens (including phenoxy) is 1. The number of amides is 1. The Morgan fingerprint density at radius 1 is 1.15 bits per heavy atom. The number of hydrogen-bond acceptors (Lipinski definition) is 4. The first-order chi connectivity index (χ1) is 12.2. The van der Waals surface area contributed by atoms with Gasteiger partial charge in [0.05, 0.1) is 17.9 Å². The number of rotatable bonds is 3. The quantitative estimate of drug-likeness (QED) is 0.859. The van der Waals surface area contributed by atoms with Crippen molar-refractivity contribution in [1.82, 2.24) is 14.7 Å². The minimum atomic E-state index is -4.82. The third kappa shape index (κ3) is 3.41. The number of carbonyl (C=O) groups is 2. The van der Waals surface area contributed by atoms with E-state index in [9.17, 15) is 27.9 Å². The number of benzene rings is 1. The van der Waals surface area contributed by atoms with Crippen molar-refractivity contribution in [3.63, 3.8) is 0 Å². The molecule has 1 aliphatic heterocycles. The Balaban J connectivity index is 1.98. The maximum atomic E-state index is 12.2. The van der Waals surface area contributed by atoms with Gasteiger partial charge in [0.2, 0.25) is 0 Å². The highest BCUT2D eigenvalue weighted by Gasteiger charge is 2.32. The zero-order valence-corrected chi connectivity index (χ0v) is 13.0. The summed E-state index contributed by atoms with van der Waals surface area (Å²) in [5, 5.41) is 22.4. The SMILES string of the molecule is O=C(O)c1nn(-c2ccc(OC(F)(F)F)cc2)c2c1CN(C(=O)O)CC2. The van der Waals surface area contributed by atoms with Gasteiger partial charge in [0.1, 0.15) is 5.75 Å². The fraction of sp³-hybridized carbons (Fsp3) is 0.267. The van der Waals surface area contributed by atoms with Gasteiger partial charge in [0.15, 0.2) is 5.69 Å². The molecule has 0 spiro atoms. The topological polar surface area (TPSA) is 105 Å². The van der Waals surface area contributed by atoms with Gasteiger partial charge in [-0.25, -0.2) is 14.3 Å². The molecule has 2 heterocycles. The van der Waals surface area contributed by atoms with Gasteiger partial charge < -0.3 is 19.8 Å². The molecule has 1 amide bonds. The van der Waals surface area contributed by atoms with E-state index in [1.165, 1.54) is 16.8 Å². The molecular weight excluding hydrogens is 359 g/mol. The number of fused-ring (bicyclic) bond motifs is 1. The van der Waals surface area contributed by atoms with Gasteiger partial charge in [0.25, 0.3) is 0 Å². The number of nitrogens with zero attached hydrogens (tertiary/aromatic N) is 3. The molecule has 0 atom stereocenters. The van der Waals surface area contributed by atoms with E-state index in [2.05, 4.69) is 9.84 Å². The third-order valence-corrected chi connectivity index (χ3v) is 3.85.